The molecule has 0 aliphatic carbocycles. The Kier molecular flexibility index (Phi) is 8.10. The van der Waals surface area contributed by atoms with Crippen molar-refractivity contribution < 1.29 is 31.1 Å². The monoisotopic (exact) mass is 485 g/mol. The maximum Gasteiger partial charge on any atom is 0.262 e. The van der Waals surface area contributed by atoms with Gasteiger partial charge in [0.15, 0.2) is 6.61 Å². The lowest BCUT2D eigenvalue weighted by Crippen LogP contribution is -2.30. The van der Waals surface area contributed by atoms with E-state index in [1.165, 1.54) is 44.5 Å². The fourth-order valence-electron chi connectivity index (χ4n) is 2.61. The molecule has 0 radical (unpaired) electrons. The van der Waals surface area contributed by atoms with Gasteiger partial charge in [0, 0.05) is 13.1 Å². The Labute approximate surface area is 188 Å². The largest absolute Gasteiger partial charge is 0.495 e. The second-order valence-electron chi connectivity index (χ2n) is 7.20. The Balaban J connectivity index is 2.08. The van der Waals surface area contributed by atoms with Crippen LogP contribution in [0.4, 0.5) is 11.4 Å². The van der Waals surface area contributed by atoms with E-state index in [9.17, 15) is 21.6 Å². The van der Waals surface area contributed by atoms with E-state index in [1.807, 2.05) is 0 Å². The summed E-state index contributed by atoms with van der Waals surface area (Å²) in [6.07, 6.45) is 1.09. The minimum absolute atomic E-state index is 0.0196. The van der Waals surface area contributed by atoms with Crippen molar-refractivity contribution in [2.45, 2.75) is 24.8 Å². The smallest absolute Gasteiger partial charge is 0.262 e. The van der Waals surface area contributed by atoms with Crippen LogP contribution in [-0.4, -0.2) is 55.8 Å². The molecule has 0 unspecified atom stereocenters. The number of amides is 1. The molecule has 1 amide bonds. The highest BCUT2D eigenvalue weighted by atomic mass is 32.2. The number of rotatable bonds is 10. The molecular weight excluding hydrogens is 458 g/mol. The van der Waals surface area contributed by atoms with Crippen molar-refractivity contribution in [3.63, 3.8) is 0 Å². The molecule has 0 bridgehead atoms. The molecule has 0 spiro atoms. The van der Waals surface area contributed by atoms with Crippen molar-refractivity contribution >= 4 is 37.3 Å². The summed E-state index contributed by atoms with van der Waals surface area (Å²) in [7, 11) is -4.31. The summed E-state index contributed by atoms with van der Waals surface area (Å²) in [5.41, 5.74) is 0.625. The average Bonchev–Trinajstić information content (AvgIpc) is 2.70. The Hall–Kier alpha value is -2.83. The summed E-state index contributed by atoms with van der Waals surface area (Å²) < 4.78 is 62.2. The Morgan fingerprint density at radius 3 is 2.22 bits per heavy atom. The van der Waals surface area contributed by atoms with Gasteiger partial charge in [-0.15, -0.1) is 0 Å². The Morgan fingerprint density at radius 1 is 1.06 bits per heavy atom. The van der Waals surface area contributed by atoms with Crippen molar-refractivity contribution in [2.24, 2.45) is 0 Å². The molecule has 0 saturated heterocycles. The van der Waals surface area contributed by atoms with Crippen molar-refractivity contribution in [1.82, 2.24) is 4.72 Å². The van der Waals surface area contributed by atoms with Crippen LogP contribution in [0.2, 0.25) is 0 Å². The molecule has 0 atom stereocenters. The van der Waals surface area contributed by atoms with Gasteiger partial charge in [-0.25, -0.2) is 21.6 Å². The SMILES string of the molecule is COc1ccc(S(=O)(=O)NC(C)C)cc1NC(=O)COc1ccc(N(C)S(C)(=O)=O)cc1. The van der Waals surface area contributed by atoms with E-state index in [1.54, 1.807) is 26.0 Å². The van der Waals surface area contributed by atoms with E-state index in [-0.39, 0.29) is 29.0 Å². The van der Waals surface area contributed by atoms with E-state index >= 15 is 0 Å². The molecule has 0 aliphatic heterocycles. The summed E-state index contributed by atoms with van der Waals surface area (Å²) in [5, 5.41) is 2.58. The predicted octanol–water partition coefficient (Wildman–Crippen LogP) is 1.80. The number of carbonyl (C=O) groups is 1. The number of nitrogens with one attached hydrogen (secondary N) is 2. The zero-order valence-corrected chi connectivity index (χ0v) is 20.1. The van der Waals surface area contributed by atoms with E-state index in [4.69, 9.17) is 9.47 Å². The Bertz CT molecular complexity index is 1160. The second kappa shape index (κ2) is 10.2. The van der Waals surface area contributed by atoms with E-state index in [0.29, 0.717) is 11.4 Å². The lowest BCUT2D eigenvalue weighted by Gasteiger charge is -2.17. The van der Waals surface area contributed by atoms with E-state index < -0.39 is 26.0 Å². The van der Waals surface area contributed by atoms with Gasteiger partial charge in [-0.2, -0.15) is 0 Å². The first-order chi connectivity index (χ1) is 14.8. The van der Waals surface area contributed by atoms with Crippen molar-refractivity contribution in [3.8, 4) is 11.5 Å². The van der Waals surface area contributed by atoms with Gasteiger partial charge in [0.1, 0.15) is 11.5 Å². The molecule has 176 valence electrons. The van der Waals surface area contributed by atoms with Crippen LogP contribution in [0, 0.1) is 0 Å². The molecular formula is C20H27N3O7S2. The van der Waals surface area contributed by atoms with Gasteiger partial charge in [0.25, 0.3) is 5.91 Å². The molecule has 0 heterocycles. The quantitative estimate of drug-likeness (QED) is 0.524. The highest BCUT2D eigenvalue weighted by Crippen LogP contribution is 2.28. The van der Waals surface area contributed by atoms with Crippen molar-refractivity contribution in [2.75, 3.05) is 36.6 Å². The third kappa shape index (κ3) is 6.84. The van der Waals surface area contributed by atoms with E-state index in [0.717, 1.165) is 10.6 Å². The number of ether oxygens (including phenoxy) is 2. The number of benzene rings is 2. The molecule has 2 aromatic carbocycles. The van der Waals surface area contributed by atoms with Crippen LogP contribution in [-0.2, 0) is 24.8 Å². The first-order valence-electron chi connectivity index (χ1n) is 9.50. The van der Waals surface area contributed by atoms with Crippen LogP contribution < -0.4 is 23.8 Å². The van der Waals surface area contributed by atoms with Crippen LogP contribution in [0.15, 0.2) is 47.4 Å². The van der Waals surface area contributed by atoms with Crippen LogP contribution in [0.3, 0.4) is 0 Å². The minimum Gasteiger partial charge on any atom is -0.495 e. The highest BCUT2D eigenvalue weighted by Gasteiger charge is 2.19. The molecule has 0 fully saturated rings. The molecule has 2 N–H and O–H groups in total. The highest BCUT2D eigenvalue weighted by molar-refractivity contribution is 7.92. The fourth-order valence-corrected chi connectivity index (χ4v) is 4.39. The summed E-state index contributed by atoms with van der Waals surface area (Å²) in [6, 6.07) is 10.0. The zero-order chi connectivity index (χ0) is 24.1. The van der Waals surface area contributed by atoms with Gasteiger partial charge < -0.3 is 14.8 Å². The maximum absolute atomic E-state index is 12.4. The third-order valence-electron chi connectivity index (χ3n) is 4.21. The number of nitrogens with zero attached hydrogens (tertiary/aromatic N) is 1. The first kappa shape index (κ1) is 25.4. The number of hydrogen-bond donors (Lipinski definition) is 2. The number of anilines is 2. The number of carbonyl (C=O) groups excluding carboxylic acids is 1. The van der Waals surface area contributed by atoms with Crippen LogP contribution in [0.1, 0.15) is 13.8 Å². The van der Waals surface area contributed by atoms with Crippen LogP contribution in [0.25, 0.3) is 0 Å². The molecule has 2 rings (SSSR count). The zero-order valence-electron chi connectivity index (χ0n) is 18.4. The van der Waals surface area contributed by atoms with Gasteiger partial charge in [-0.3, -0.25) is 9.10 Å². The summed E-state index contributed by atoms with van der Waals surface area (Å²) in [4.78, 5) is 12.3. The topological polar surface area (TPSA) is 131 Å². The molecule has 0 saturated carbocycles. The normalized spacial score (nSPS) is 11.8. The van der Waals surface area contributed by atoms with E-state index in [2.05, 4.69) is 10.0 Å². The lowest BCUT2D eigenvalue weighted by molar-refractivity contribution is -0.118. The third-order valence-corrected chi connectivity index (χ3v) is 7.08. The molecule has 0 aromatic heterocycles. The van der Waals surface area contributed by atoms with Gasteiger partial charge >= 0.3 is 0 Å². The summed E-state index contributed by atoms with van der Waals surface area (Å²) in [5.74, 6) is 0.109. The molecule has 32 heavy (non-hydrogen) atoms. The predicted molar refractivity (Wildman–Crippen MR) is 122 cm³/mol. The minimum atomic E-state index is -3.75. The first-order valence-corrected chi connectivity index (χ1v) is 12.8. The average molecular weight is 486 g/mol. The molecule has 10 nitrogen and oxygen atoms in total. The van der Waals surface area contributed by atoms with Crippen LogP contribution >= 0.6 is 0 Å². The summed E-state index contributed by atoms with van der Waals surface area (Å²) in [6.45, 7) is 3.05. The number of hydrogen-bond acceptors (Lipinski definition) is 7. The summed E-state index contributed by atoms with van der Waals surface area (Å²) >= 11 is 0. The fraction of sp³-hybridized carbons (Fsp3) is 0.350. The molecule has 2 aromatic rings. The van der Waals surface area contributed by atoms with Gasteiger partial charge in [0.05, 0.1) is 29.6 Å². The molecule has 0 aliphatic rings. The number of methoxy groups -OCH3 is 1. The van der Waals surface area contributed by atoms with Crippen molar-refractivity contribution in [1.29, 1.82) is 0 Å². The van der Waals surface area contributed by atoms with Crippen molar-refractivity contribution in [3.05, 3.63) is 42.5 Å². The lowest BCUT2D eigenvalue weighted by atomic mass is 10.3. The van der Waals surface area contributed by atoms with Gasteiger partial charge in [-0.05, 0) is 56.3 Å². The Morgan fingerprint density at radius 2 is 1.69 bits per heavy atom. The van der Waals surface area contributed by atoms with Gasteiger partial charge in [-0.1, -0.05) is 0 Å². The second-order valence-corrected chi connectivity index (χ2v) is 10.9. The maximum atomic E-state index is 12.4. The van der Waals surface area contributed by atoms with Crippen LogP contribution in [0.5, 0.6) is 11.5 Å². The standard InChI is InChI=1S/C20H27N3O7S2/c1-14(2)22-32(27,28)17-10-11-19(29-4)18(12-17)21-20(24)13-30-16-8-6-15(7-9-16)23(3)31(5,25)26/h6-12,14,22H,13H2,1-5H3,(H,21,24). The van der Waals surface area contributed by atoms with Gasteiger partial charge in [0.2, 0.25) is 20.0 Å². The number of sulfonamides is 2. The molecule has 12 heteroatoms.